The summed E-state index contributed by atoms with van der Waals surface area (Å²) in [5.41, 5.74) is 6.61. The molecule has 2 bridgehead atoms. The predicted octanol–water partition coefficient (Wildman–Crippen LogP) is 3.14. The fraction of sp³-hybridized carbons (Fsp3) is 0.467. The zero-order valence-corrected chi connectivity index (χ0v) is 10.5. The van der Waals surface area contributed by atoms with Gasteiger partial charge in [-0.1, -0.05) is 12.1 Å². The summed E-state index contributed by atoms with van der Waals surface area (Å²) in [5, 5.41) is 0.773. The SMILES string of the molecule is NC(c1cc2cccc(F)c2o1)C1CC2CCC1O2. The van der Waals surface area contributed by atoms with Crippen molar-refractivity contribution in [3.63, 3.8) is 0 Å². The van der Waals surface area contributed by atoms with Crippen molar-refractivity contribution in [3.05, 3.63) is 35.8 Å². The van der Waals surface area contributed by atoms with Gasteiger partial charge in [0, 0.05) is 11.3 Å². The second-order valence-corrected chi connectivity index (χ2v) is 5.61. The van der Waals surface area contributed by atoms with E-state index >= 15 is 0 Å². The minimum atomic E-state index is -0.333. The summed E-state index contributed by atoms with van der Waals surface area (Å²) in [7, 11) is 0. The van der Waals surface area contributed by atoms with E-state index in [2.05, 4.69) is 0 Å². The maximum absolute atomic E-state index is 13.6. The molecule has 0 aliphatic carbocycles. The van der Waals surface area contributed by atoms with Crippen LogP contribution in [-0.2, 0) is 4.74 Å². The molecular weight excluding hydrogens is 245 g/mol. The van der Waals surface area contributed by atoms with Gasteiger partial charge in [0.15, 0.2) is 11.4 Å². The molecular formula is C15H16FNO2. The van der Waals surface area contributed by atoms with Crippen molar-refractivity contribution in [1.82, 2.24) is 0 Å². The van der Waals surface area contributed by atoms with E-state index < -0.39 is 0 Å². The molecule has 3 nitrogen and oxygen atoms in total. The highest BCUT2D eigenvalue weighted by molar-refractivity contribution is 5.78. The van der Waals surface area contributed by atoms with Crippen LogP contribution in [0, 0.1) is 11.7 Å². The molecule has 0 saturated carbocycles. The fourth-order valence-corrected chi connectivity index (χ4v) is 3.48. The van der Waals surface area contributed by atoms with Gasteiger partial charge in [0.05, 0.1) is 18.2 Å². The lowest BCUT2D eigenvalue weighted by molar-refractivity contribution is 0.0871. The van der Waals surface area contributed by atoms with Crippen LogP contribution in [0.2, 0.25) is 0 Å². The maximum atomic E-state index is 13.6. The van der Waals surface area contributed by atoms with Crippen LogP contribution < -0.4 is 5.73 Å². The molecule has 2 fully saturated rings. The molecule has 3 heterocycles. The van der Waals surface area contributed by atoms with E-state index in [-0.39, 0.29) is 18.0 Å². The van der Waals surface area contributed by atoms with Crippen LogP contribution in [0.5, 0.6) is 0 Å². The molecule has 1 aromatic carbocycles. The maximum Gasteiger partial charge on any atom is 0.169 e. The lowest BCUT2D eigenvalue weighted by Gasteiger charge is -2.23. The number of halogens is 1. The van der Waals surface area contributed by atoms with Crippen molar-refractivity contribution in [2.24, 2.45) is 11.7 Å². The Kier molecular flexibility index (Phi) is 2.44. The zero-order chi connectivity index (χ0) is 13.0. The first-order chi connectivity index (χ1) is 9.22. The molecule has 2 aromatic rings. The number of fused-ring (bicyclic) bond motifs is 3. The van der Waals surface area contributed by atoms with Crippen molar-refractivity contribution in [3.8, 4) is 0 Å². The fourth-order valence-electron chi connectivity index (χ4n) is 3.48. The molecule has 0 radical (unpaired) electrons. The number of nitrogens with two attached hydrogens (primary N) is 1. The Labute approximate surface area is 110 Å². The van der Waals surface area contributed by atoms with Gasteiger partial charge in [0.2, 0.25) is 0 Å². The van der Waals surface area contributed by atoms with Gasteiger partial charge < -0.3 is 14.9 Å². The highest BCUT2D eigenvalue weighted by Gasteiger charge is 2.44. The van der Waals surface area contributed by atoms with Crippen molar-refractivity contribution >= 4 is 11.0 Å². The number of rotatable bonds is 2. The summed E-state index contributed by atoms with van der Waals surface area (Å²) < 4.78 is 25.1. The van der Waals surface area contributed by atoms with Crippen LogP contribution in [-0.4, -0.2) is 12.2 Å². The van der Waals surface area contributed by atoms with Gasteiger partial charge in [0.25, 0.3) is 0 Å². The number of para-hydroxylation sites is 1. The van der Waals surface area contributed by atoms with E-state index in [1.165, 1.54) is 6.07 Å². The quantitative estimate of drug-likeness (QED) is 0.903. The van der Waals surface area contributed by atoms with Gasteiger partial charge in [-0.25, -0.2) is 4.39 Å². The topological polar surface area (TPSA) is 48.4 Å². The van der Waals surface area contributed by atoms with Crippen LogP contribution in [0.4, 0.5) is 4.39 Å². The smallest absolute Gasteiger partial charge is 0.169 e. The molecule has 19 heavy (non-hydrogen) atoms. The summed E-state index contributed by atoms with van der Waals surface area (Å²) in [6.45, 7) is 0. The summed E-state index contributed by atoms with van der Waals surface area (Å²) in [6, 6.07) is 6.58. The molecule has 2 N–H and O–H groups in total. The molecule has 2 saturated heterocycles. The van der Waals surface area contributed by atoms with Crippen molar-refractivity contribution < 1.29 is 13.5 Å². The molecule has 0 spiro atoms. The summed E-state index contributed by atoms with van der Waals surface area (Å²) in [4.78, 5) is 0. The summed E-state index contributed by atoms with van der Waals surface area (Å²) >= 11 is 0. The monoisotopic (exact) mass is 261 g/mol. The van der Waals surface area contributed by atoms with E-state index in [4.69, 9.17) is 14.9 Å². The Morgan fingerprint density at radius 3 is 2.89 bits per heavy atom. The average Bonchev–Trinajstić information content (AvgIpc) is 3.12. The first kappa shape index (κ1) is 11.4. The molecule has 4 unspecified atom stereocenters. The number of hydrogen-bond acceptors (Lipinski definition) is 3. The van der Waals surface area contributed by atoms with E-state index in [1.807, 2.05) is 12.1 Å². The van der Waals surface area contributed by atoms with Crippen LogP contribution in [0.15, 0.2) is 28.7 Å². The molecule has 4 rings (SSSR count). The van der Waals surface area contributed by atoms with Crippen molar-refractivity contribution in [2.45, 2.75) is 37.5 Å². The van der Waals surface area contributed by atoms with E-state index in [0.29, 0.717) is 23.4 Å². The summed E-state index contributed by atoms with van der Waals surface area (Å²) in [6.07, 6.45) is 3.83. The number of furan rings is 1. The number of ether oxygens (including phenoxy) is 1. The largest absolute Gasteiger partial charge is 0.456 e. The Morgan fingerprint density at radius 1 is 1.32 bits per heavy atom. The molecule has 2 aliphatic rings. The minimum absolute atomic E-state index is 0.206. The second-order valence-electron chi connectivity index (χ2n) is 5.61. The Morgan fingerprint density at radius 2 is 2.21 bits per heavy atom. The average molecular weight is 261 g/mol. The first-order valence-corrected chi connectivity index (χ1v) is 6.81. The van der Waals surface area contributed by atoms with E-state index in [0.717, 1.165) is 24.6 Å². The van der Waals surface area contributed by atoms with Gasteiger partial charge in [-0.2, -0.15) is 0 Å². The van der Waals surface area contributed by atoms with E-state index in [9.17, 15) is 4.39 Å². The van der Waals surface area contributed by atoms with Gasteiger partial charge in [-0.05, 0) is 31.4 Å². The lowest BCUT2D eigenvalue weighted by atomic mass is 9.83. The molecule has 2 aliphatic heterocycles. The third-order valence-electron chi connectivity index (χ3n) is 4.46. The van der Waals surface area contributed by atoms with Crippen LogP contribution in [0.25, 0.3) is 11.0 Å². The normalized spacial score (nSPS) is 31.2. The highest BCUT2D eigenvalue weighted by Crippen LogP contribution is 2.44. The molecule has 1 aromatic heterocycles. The Hall–Kier alpha value is -1.39. The van der Waals surface area contributed by atoms with Gasteiger partial charge in [-0.15, -0.1) is 0 Å². The molecule has 4 atom stereocenters. The third kappa shape index (κ3) is 1.70. The zero-order valence-electron chi connectivity index (χ0n) is 10.5. The summed E-state index contributed by atoms with van der Waals surface area (Å²) in [5.74, 6) is 0.628. The highest BCUT2D eigenvalue weighted by atomic mass is 19.1. The van der Waals surface area contributed by atoms with Crippen LogP contribution in [0.3, 0.4) is 0 Å². The van der Waals surface area contributed by atoms with Gasteiger partial charge in [0.1, 0.15) is 5.76 Å². The van der Waals surface area contributed by atoms with Gasteiger partial charge >= 0.3 is 0 Å². The molecule has 100 valence electrons. The second kappa shape index (κ2) is 4.05. The van der Waals surface area contributed by atoms with Crippen LogP contribution in [0.1, 0.15) is 31.1 Å². The van der Waals surface area contributed by atoms with Crippen molar-refractivity contribution in [1.29, 1.82) is 0 Å². The lowest BCUT2D eigenvalue weighted by Crippen LogP contribution is -2.28. The van der Waals surface area contributed by atoms with E-state index in [1.54, 1.807) is 6.07 Å². The van der Waals surface area contributed by atoms with Gasteiger partial charge in [-0.3, -0.25) is 0 Å². The minimum Gasteiger partial charge on any atom is -0.456 e. The standard InChI is InChI=1S/C15H16FNO2/c16-11-3-1-2-8-6-13(19-15(8)11)14(17)10-7-9-4-5-12(10)18-9/h1-3,6,9-10,12,14H,4-5,7,17H2. The molecule has 0 amide bonds. The Balaban J connectivity index is 1.68. The van der Waals surface area contributed by atoms with Crippen molar-refractivity contribution in [2.75, 3.05) is 0 Å². The molecule has 4 heteroatoms. The predicted molar refractivity (Wildman–Crippen MR) is 69.1 cm³/mol. The number of hydrogen-bond donors (Lipinski definition) is 1. The number of benzene rings is 1. The first-order valence-electron chi connectivity index (χ1n) is 6.81. The third-order valence-corrected chi connectivity index (χ3v) is 4.46. The van der Waals surface area contributed by atoms with Crippen LogP contribution >= 0.6 is 0 Å². The Bertz CT molecular complexity index is 624.